The standard InChI is InChI=1S/C12H22N4O2/c1-8-4-5-16(6-10(8)13)7-11(17)15-12(18)14-9-2-3-9/h8-10H,2-7,13H2,1H3,(H2,14,15,17,18). The molecule has 2 aliphatic rings. The van der Waals surface area contributed by atoms with Crippen LogP contribution in [0.2, 0.25) is 0 Å². The number of hydrogen-bond acceptors (Lipinski definition) is 4. The van der Waals surface area contributed by atoms with Crippen LogP contribution in [0.25, 0.3) is 0 Å². The third-order valence-electron chi connectivity index (χ3n) is 3.63. The molecule has 4 N–H and O–H groups in total. The highest BCUT2D eigenvalue weighted by Crippen LogP contribution is 2.18. The fourth-order valence-electron chi connectivity index (χ4n) is 2.13. The molecule has 2 atom stereocenters. The van der Waals surface area contributed by atoms with Gasteiger partial charge >= 0.3 is 6.03 Å². The lowest BCUT2D eigenvalue weighted by atomic mass is 9.94. The molecule has 0 radical (unpaired) electrons. The third kappa shape index (κ3) is 3.96. The first-order chi connectivity index (χ1) is 8.54. The molecule has 0 bridgehead atoms. The molecule has 0 spiro atoms. The normalized spacial score (nSPS) is 28.8. The minimum Gasteiger partial charge on any atom is -0.335 e. The second-order valence-corrected chi connectivity index (χ2v) is 5.46. The molecule has 6 nitrogen and oxygen atoms in total. The molecular formula is C12H22N4O2. The van der Waals surface area contributed by atoms with Crippen molar-refractivity contribution in [1.29, 1.82) is 0 Å². The van der Waals surface area contributed by atoms with E-state index in [1.807, 2.05) is 4.90 Å². The molecular weight excluding hydrogens is 232 g/mol. The van der Waals surface area contributed by atoms with Crippen LogP contribution in [-0.2, 0) is 4.79 Å². The summed E-state index contributed by atoms with van der Waals surface area (Å²) in [4.78, 5) is 25.0. The van der Waals surface area contributed by atoms with Gasteiger partial charge in [0, 0.05) is 18.6 Å². The first-order valence-electron chi connectivity index (χ1n) is 6.63. The second kappa shape index (κ2) is 5.67. The lowest BCUT2D eigenvalue weighted by Gasteiger charge is -2.34. The first kappa shape index (κ1) is 13.3. The Balaban J connectivity index is 1.68. The van der Waals surface area contributed by atoms with Gasteiger partial charge in [-0.25, -0.2) is 4.79 Å². The topological polar surface area (TPSA) is 87.5 Å². The summed E-state index contributed by atoms with van der Waals surface area (Å²) in [7, 11) is 0. The summed E-state index contributed by atoms with van der Waals surface area (Å²) in [6, 6.07) is 0.00563. The Morgan fingerprint density at radius 1 is 1.33 bits per heavy atom. The van der Waals surface area contributed by atoms with Gasteiger partial charge in [-0.2, -0.15) is 0 Å². The van der Waals surface area contributed by atoms with E-state index in [0.29, 0.717) is 5.92 Å². The van der Waals surface area contributed by atoms with Crippen LogP contribution in [0.3, 0.4) is 0 Å². The lowest BCUT2D eigenvalue weighted by molar-refractivity contribution is -0.121. The molecule has 2 unspecified atom stereocenters. The van der Waals surface area contributed by atoms with Crippen molar-refractivity contribution in [3.8, 4) is 0 Å². The number of nitrogens with zero attached hydrogens (tertiary/aromatic N) is 1. The molecule has 1 saturated heterocycles. The second-order valence-electron chi connectivity index (χ2n) is 5.46. The molecule has 1 saturated carbocycles. The number of imide groups is 1. The van der Waals surface area contributed by atoms with Gasteiger partial charge in [-0.3, -0.25) is 15.0 Å². The van der Waals surface area contributed by atoms with Gasteiger partial charge in [0.1, 0.15) is 0 Å². The average molecular weight is 254 g/mol. The molecule has 18 heavy (non-hydrogen) atoms. The monoisotopic (exact) mass is 254 g/mol. The minimum absolute atomic E-state index is 0.117. The van der Waals surface area contributed by atoms with Crippen molar-refractivity contribution >= 4 is 11.9 Å². The number of amides is 3. The largest absolute Gasteiger partial charge is 0.335 e. The Kier molecular flexibility index (Phi) is 4.19. The average Bonchev–Trinajstić information content (AvgIpc) is 3.07. The number of urea groups is 1. The van der Waals surface area contributed by atoms with E-state index in [-0.39, 0.29) is 30.6 Å². The fourth-order valence-corrected chi connectivity index (χ4v) is 2.13. The smallest absolute Gasteiger partial charge is 0.321 e. The first-order valence-corrected chi connectivity index (χ1v) is 6.63. The van der Waals surface area contributed by atoms with Crippen LogP contribution in [-0.4, -0.2) is 48.6 Å². The third-order valence-corrected chi connectivity index (χ3v) is 3.63. The van der Waals surface area contributed by atoms with Crippen molar-refractivity contribution in [2.45, 2.75) is 38.3 Å². The van der Waals surface area contributed by atoms with Crippen molar-refractivity contribution in [2.75, 3.05) is 19.6 Å². The zero-order valence-electron chi connectivity index (χ0n) is 10.8. The van der Waals surface area contributed by atoms with E-state index >= 15 is 0 Å². The number of hydrogen-bond donors (Lipinski definition) is 3. The van der Waals surface area contributed by atoms with Crippen molar-refractivity contribution in [1.82, 2.24) is 15.5 Å². The van der Waals surface area contributed by atoms with E-state index in [1.165, 1.54) is 0 Å². The Labute approximate surface area is 107 Å². The summed E-state index contributed by atoms with van der Waals surface area (Å²) < 4.78 is 0. The minimum atomic E-state index is -0.378. The Hall–Kier alpha value is -1.14. The predicted octanol–water partition coefficient (Wildman–Crippen LogP) is -0.356. The summed E-state index contributed by atoms with van der Waals surface area (Å²) in [6.45, 7) is 3.97. The Morgan fingerprint density at radius 2 is 2.06 bits per heavy atom. The van der Waals surface area contributed by atoms with Gasteiger partial charge in [0.2, 0.25) is 5.91 Å². The van der Waals surface area contributed by atoms with Gasteiger partial charge < -0.3 is 11.1 Å². The van der Waals surface area contributed by atoms with Gasteiger partial charge in [0.25, 0.3) is 0 Å². The predicted molar refractivity (Wildman–Crippen MR) is 67.9 cm³/mol. The van der Waals surface area contributed by atoms with Gasteiger partial charge in [-0.15, -0.1) is 0 Å². The van der Waals surface area contributed by atoms with E-state index in [4.69, 9.17) is 5.73 Å². The van der Waals surface area contributed by atoms with Crippen LogP contribution in [0.4, 0.5) is 4.79 Å². The van der Waals surface area contributed by atoms with Gasteiger partial charge in [-0.1, -0.05) is 6.92 Å². The highest BCUT2D eigenvalue weighted by molar-refractivity contribution is 5.95. The van der Waals surface area contributed by atoms with E-state index in [9.17, 15) is 9.59 Å². The summed E-state index contributed by atoms with van der Waals surface area (Å²) in [5.74, 6) is 0.248. The van der Waals surface area contributed by atoms with Crippen LogP contribution in [0.1, 0.15) is 26.2 Å². The molecule has 6 heteroatoms. The molecule has 0 aromatic heterocycles. The van der Waals surface area contributed by atoms with E-state index < -0.39 is 0 Å². The van der Waals surface area contributed by atoms with E-state index in [1.54, 1.807) is 0 Å². The van der Waals surface area contributed by atoms with Crippen LogP contribution in [0, 0.1) is 5.92 Å². The molecule has 102 valence electrons. The zero-order chi connectivity index (χ0) is 13.1. The van der Waals surface area contributed by atoms with E-state index in [0.717, 1.165) is 32.4 Å². The van der Waals surface area contributed by atoms with Gasteiger partial charge in [-0.05, 0) is 31.7 Å². The van der Waals surface area contributed by atoms with E-state index in [2.05, 4.69) is 17.6 Å². The highest BCUT2D eigenvalue weighted by Gasteiger charge is 2.26. The fraction of sp³-hybridized carbons (Fsp3) is 0.833. The van der Waals surface area contributed by atoms with Gasteiger partial charge in [0.15, 0.2) is 0 Å². The van der Waals surface area contributed by atoms with Crippen LogP contribution >= 0.6 is 0 Å². The molecule has 0 aromatic rings. The van der Waals surface area contributed by atoms with Crippen molar-refractivity contribution in [3.05, 3.63) is 0 Å². The molecule has 0 aromatic carbocycles. The summed E-state index contributed by atoms with van der Waals surface area (Å²) >= 11 is 0. The molecule has 2 rings (SSSR count). The number of carbonyl (C=O) groups is 2. The Morgan fingerprint density at radius 3 is 2.67 bits per heavy atom. The maximum Gasteiger partial charge on any atom is 0.321 e. The Bertz CT molecular complexity index is 330. The van der Waals surface area contributed by atoms with Crippen LogP contribution < -0.4 is 16.4 Å². The molecule has 3 amide bonds. The number of carbonyl (C=O) groups excluding carboxylic acids is 2. The number of rotatable bonds is 3. The number of nitrogens with two attached hydrogens (primary N) is 1. The maximum absolute atomic E-state index is 11.7. The zero-order valence-corrected chi connectivity index (χ0v) is 10.8. The van der Waals surface area contributed by atoms with Crippen molar-refractivity contribution in [2.24, 2.45) is 11.7 Å². The SMILES string of the molecule is CC1CCN(CC(=O)NC(=O)NC2CC2)CC1N. The van der Waals surface area contributed by atoms with Crippen LogP contribution in [0.15, 0.2) is 0 Å². The van der Waals surface area contributed by atoms with Crippen molar-refractivity contribution < 1.29 is 9.59 Å². The molecule has 2 fully saturated rings. The summed E-state index contributed by atoms with van der Waals surface area (Å²) in [5, 5.41) is 5.08. The van der Waals surface area contributed by atoms with Crippen molar-refractivity contribution in [3.63, 3.8) is 0 Å². The summed E-state index contributed by atoms with van der Waals surface area (Å²) in [5.41, 5.74) is 5.97. The van der Waals surface area contributed by atoms with Crippen LogP contribution in [0.5, 0.6) is 0 Å². The molecule has 1 heterocycles. The lowest BCUT2D eigenvalue weighted by Crippen LogP contribution is -2.51. The number of likely N-dealkylation sites (tertiary alicyclic amines) is 1. The summed E-state index contributed by atoms with van der Waals surface area (Å²) in [6.07, 6.45) is 3.03. The van der Waals surface area contributed by atoms with Gasteiger partial charge in [0.05, 0.1) is 6.54 Å². The molecule has 1 aliphatic heterocycles. The highest BCUT2D eigenvalue weighted by atomic mass is 16.2. The number of piperidine rings is 1. The molecule has 1 aliphatic carbocycles. The number of nitrogens with one attached hydrogen (secondary N) is 2. The maximum atomic E-state index is 11.7. The quantitative estimate of drug-likeness (QED) is 0.642.